The molecule has 0 atom stereocenters. The lowest BCUT2D eigenvalue weighted by Crippen LogP contribution is -2.38. The number of hydrogen-bond acceptors (Lipinski definition) is 8. The van der Waals surface area contributed by atoms with Crippen molar-refractivity contribution in [3.8, 4) is 11.5 Å². The van der Waals surface area contributed by atoms with E-state index in [0.717, 1.165) is 30.6 Å². The highest BCUT2D eigenvalue weighted by molar-refractivity contribution is 7.89. The number of nitrogens with zero attached hydrogens (tertiary/aromatic N) is 4. The third-order valence-electron chi connectivity index (χ3n) is 6.53. The summed E-state index contributed by atoms with van der Waals surface area (Å²) in [5.41, 5.74) is 1.11. The number of carbonyl (C=O) groups excluding carboxylic acids is 1. The van der Waals surface area contributed by atoms with Crippen molar-refractivity contribution in [2.75, 3.05) is 58.9 Å². The molecule has 1 aromatic heterocycles. The van der Waals surface area contributed by atoms with E-state index < -0.39 is 10.0 Å². The average Bonchev–Trinajstić information content (AvgIpc) is 3.35. The topological polar surface area (TPSA) is 92.3 Å². The van der Waals surface area contributed by atoms with Crippen molar-refractivity contribution in [1.82, 2.24) is 14.2 Å². The highest BCUT2D eigenvalue weighted by Crippen LogP contribution is 2.37. The number of likely N-dealkylation sites (N-methyl/N-ethyl adjacent to an activating group) is 1. The maximum absolute atomic E-state index is 13.8. The first-order valence-electron chi connectivity index (χ1n) is 12.8. The molecule has 0 fully saturated rings. The van der Waals surface area contributed by atoms with Crippen LogP contribution in [0, 0.1) is 0 Å². The Hall–Kier alpha value is -2.73. The SMILES string of the molecule is CCCCN(C)S(=O)(=O)c1ccc(C(=O)N(CCN(CC)CC)c2nc3cc(OC)c(OC)cc3s2)cc1. The van der Waals surface area contributed by atoms with Gasteiger partial charge < -0.3 is 14.4 Å². The van der Waals surface area contributed by atoms with Gasteiger partial charge in [-0.1, -0.05) is 38.5 Å². The van der Waals surface area contributed by atoms with E-state index in [1.54, 1.807) is 44.4 Å². The van der Waals surface area contributed by atoms with Gasteiger partial charge in [0.25, 0.3) is 5.91 Å². The van der Waals surface area contributed by atoms with Gasteiger partial charge in [0.15, 0.2) is 16.6 Å². The first-order chi connectivity index (χ1) is 18.2. The van der Waals surface area contributed by atoms with Crippen LogP contribution in [0.15, 0.2) is 41.3 Å². The van der Waals surface area contributed by atoms with Gasteiger partial charge in [-0.25, -0.2) is 17.7 Å². The number of amides is 1. The molecular weight excluding hydrogens is 524 g/mol. The van der Waals surface area contributed by atoms with Crippen LogP contribution in [0.25, 0.3) is 10.2 Å². The number of thiazole rings is 1. The minimum atomic E-state index is -3.62. The number of fused-ring (bicyclic) bond motifs is 1. The van der Waals surface area contributed by atoms with Crippen LogP contribution in [-0.2, 0) is 10.0 Å². The highest BCUT2D eigenvalue weighted by atomic mass is 32.2. The zero-order valence-electron chi connectivity index (χ0n) is 23.1. The predicted octanol–water partition coefficient (Wildman–Crippen LogP) is 4.72. The zero-order valence-corrected chi connectivity index (χ0v) is 24.7. The molecule has 11 heteroatoms. The summed E-state index contributed by atoms with van der Waals surface area (Å²) in [5.74, 6) is 0.925. The number of methoxy groups -OCH3 is 2. The summed E-state index contributed by atoms with van der Waals surface area (Å²) in [7, 11) is 1.11. The van der Waals surface area contributed by atoms with E-state index in [2.05, 4.69) is 18.7 Å². The minimum Gasteiger partial charge on any atom is -0.493 e. The molecule has 0 spiro atoms. The fraction of sp³-hybridized carbons (Fsp3) is 0.481. The van der Waals surface area contributed by atoms with Gasteiger partial charge in [-0.05, 0) is 43.8 Å². The van der Waals surface area contributed by atoms with E-state index in [0.29, 0.717) is 47.3 Å². The van der Waals surface area contributed by atoms with Crippen molar-refractivity contribution in [3.63, 3.8) is 0 Å². The summed E-state index contributed by atoms with van der Waals surface area (Å²) < 4.78 is 38.9. The maximum Gasteiger partial charge on any atom is 0.260 e. The Balaban J connectivity index is 1.95. The molecule has 0 saturated carbocycles. The third kappa shape index (κ3) is 6.63. The second kappa shape index (κ2) is 13.4. The van der Waals surface area contributed by atoms with Crippen LogP contribution in [0.1, 0.15) is 44.0 Å². The Morgan fingerprint density at radius 2 is 1.58 bits per heavy atom. The lowest BCUT2D eigenvalue weighted by molar-refractivity contribution is 0.0983. The van der Waals surface area contributed by atoms with E-state index in [4.69, 9.17) is 14.5 Å². The van der Waals surface area contributed by atoms with Crippen molar-refractivity contribution in [2.45, 2.75) is 38.5 Å². The van der Waals surface area contributed by atoms with E-state index in [9.17, 15) is 13.2 Å². The van der Waals surface area contributed by atoms with Gasteiger partial charge in [0.1, 0.15) is 0 Å². The Kier molecular flexibility index (Phi) is 10.5. The molecule has 0 N–H and O–H groups in total. The summed E-state index contributed by atoms with van der Waals surface area (Å²) in [6.45, 7) is 9.49. The van der Waals surface area contributed by atoms with Crippen LogP contribution in [0.2, 0.25) is 0 Å². The van der Waals surface area contributed by atoms with E-state index in [-0.39, 0.29) is 10.8 Å². The number of ether oxygens (including phenoxy) is 2. The molecule has 38 heavy (non-hydrogen) atoms. The molecule has 3 rings (SSSR count). The summed E-state index contributed by atoms with van der Waals surface area (Å²) in [5, 5.41) is 0.559. The van der Waals surface area contributed by atoms with Gasteiger partial charge in [0.2, 0.25) is 10.0 Å². The number of aromatic nitrogens is 1. The van der Waals surface area contributed by atoms with Gasteiger partial charge in [-0.2, -0.15) is 0 Å². The predicted molar refractivity (Wildman–Crippen MR) is 153 cm³/mol. The second-order valence-corrected chi connectivity index (χ2v) is 11.9. The Bertz CT molecular complexity index is 1280. The number of rotatable bonds is 14. The van der Waals surface area contributed by atoms with Crippen molar-refractivity contribution in [1.29, 1.82) is 0 Å². The summed E-state index contributed by atoms with van der Waals surface area (Å²) in [6.07, 6.45) is 1.69. The van der Waals surface area contributed by atoms with Crippen LogP contribution < -0.4 is 14.4 Å². The summed E-state index contributed by atoms with van der Waals surface area (Å²) >= 11 is 1.40. The van der Waals surface area contributed by atoms with Gasteiger partial charge in [-0.15, -0.1) is 0 Å². The summed E-state index contributed by atoms with van der Waals surface area (Å²) in [4.78, 5) is 22.6. The van der Waals surface area contributed by atoms with Gasteiger partial charge in [0, 0.05) is 44.4 Å². The molecule has 1 amide bonds. The fourth-order valence-corrected chi connectivity index (χ4v) is 6.24. The number of benzene rings is 2. The molecule has 0 aliphatic heterocycles. The molecule has 1 heterocycles. The minimum absolute atomic E-state index is 0.168. The van der Waals surface area contributed by atoms with Gasteiger partial charge in [-0.3, -0.25) is 9.69 Å². The first-order valence-corrected chi connectivity index (χ1v) is 15.1. The lowest BCUT2D eigenvalue weighted by Gasteiger charge is -2.25. The first kappa shape index (κ1) is 29.8. The smallest absolute Gasteiger partial charge is 0.260 e. The zero-order chi connectivity index (χ0) is 27.9. The Morgan fingerprint density at radius 1 is 0.947 bits per heavy atom. The van der Waals surface area contributed by atoms with Crippen LogP contribution in [0.5, 0.6) is 11.5 Å². The molecule has 0 radical (unpaired) electrons. The molecule has 0 unspecified atom stereocenters. The molecule has 9 nitrogen and oxygen atoms in total. The largest absolute Gasteiger partial charge is 0.493 e. The quantitative estimate of drug-likeness (QED) is 0.281. The van der Waals surface area contributed by atoms with Crippen molar-refractivity contribution >= 4 is 42.6 Å². The average molecular weight is 563 g/mol. The van der Waals surface area contributed by atoms with Crippen LogP contribution in [0.4, 0.5) is 5.13 Å². The molecule has 3 aromatic rings. The van der Waals surface area contributed by atoms with Gasteiger partial charge in [0.05, 0.1) is 29.3 Å². The van der Waals surface area contributed by atoms with E-state index in [1.807, 2.05) is 13.0 Å². The van der Waals surface area contributed by atoms with Crippen LogP contribution in [-0.4, -0.2) is 82.5 Å². The Morgan fingerprint density at radius 3 is 2.16 bits per heavy atom. The number of carbonyl (C=O) groups is 1. The van der Waals surface area contributed by atoms with Crippen molar-refractivity contribution in [2.24, 2.45) is 0 Å². The highest BCUT2D eigenvalue weighted by Gasteiger charge is 2.25. The number of hydrogen-bond donors (Lipinski definition) is 0. The fourth-order valence-electron chi connectivity index (χ4n) is 4.03. The van der Waals surface area contributed by atoms with Gasteiger partial charge >= 0.3 is 0 Å². The second-order valence-electron chi connectivity index (χ2n) is 8.86. The third-order valence-corrected chi connectivity index (χ3v) is 9.44. The maximum atomic E-state index is 13.8. The standard InChI is InChI=1S/C27H38N4O5S2/c1-7-10-15-29(4)38(33,34)21-13-11-20(12-14-21)26(32)31(17-16-30(8-2)9-3)27-28-22-18-23(35-5)24(36-6)19-25(22)37-27/h11-14,18-19H,7-10,15-17H2,1-6H3. The van der Waals surface area contributed by atoms with Crippen molar-refractivity contribution in [3.05, 3.63) is 42.0 Å². The number of sulfonamides is 1. The molecular formula is C27H38N4O5S2. The summed E-state index contributed by atoms with van der Waals surface area (Å²) in [6, 6.07) is 9.82. The monoisotopic (exact) mass is 562 g/mol. The number of unbranched alkanes of at least 4 members (excludes halogenated alkanes) is 1. The molecule has 2 aromatic carbocycles. The van der Waals surface area contributed by atoms with Crippen LogP contribution in [0.3, 0.4) is 0 Å². The molecule has 0 bridgehead atoms. The molecule has 0 aliphatic carbocycles. The van der Waals surface area contributed by atoms with E-state index in [1.165, 1.54) is 27.8 Å². The lowest BCUT2D eigenvalue weighted by atomic mass is 10.2. The molecule has 0 saturated heterocycles. The Labute approximate surface area is 230 Å². The number of anilines is 1. The molecule has 0 aliphatic rings. The van der Waals surface area contributed by atoms with E-state index >= 15 is 0 Å². The molecule has 208 valence electrons. The van der Waals surface area contributed by atoms with Crippen molar-refractivity contribution < 1.29 is 22.7 Å². The van der Waals surface area contributed by atoms with Crippen LogP contribution >= 0.6 is 11.3 Å². The normalized spacial score (nSPS) is 11.9.